The molecule has 2 aromatic heterocycles. The molecule has 2 aromatic rings. The van der Waals surface area contributed by atoms with E-state index in [9.17, 15) is 0 Å². The van der Waals surface area contributed by atoms with Crippen molar-refractivity contribution in [2.45, 2.75) is 39.0 Å². The van der Waals surface area contributed by atoms with E-state index in [1.165, 1.54) is 29.0 Å². The molecule has 0 aromatic carbocycles. The van der Waals surface area contributed by atoms with Crippen molar-refractivity contribution in [2.24, 2.45) is 0 Å². The minimum absolute atomic E-state index is 0.851. The first kappa shape index (κ1) is 12.6. The van der Waals surface area contributed by atoms with Gasteiger partial charge >= 0.3 is 0 Å². The van der Waals surface area contributed by atoms with Crippen LogP contribution in [-0.2, 0) is 19.3 Å². The van der Waals surface area contributed by atoms with Gasteiger partial charge in [-0.05, 0) is 44.1 Å². The molecule has 2 heterocycles. The van der Waals surface area contributed by atoms with Crippen LogP contribution in [0.25, 0.3) is 0 Å². The van der Waals surface area contributed by atoms with Crippen LogP contribution in [0.3, 0.4) is 0 Å². The van der Waals surface area contributed by atoms with E-state index in [1.807, 2.05) is 0 Å². The van der Waals surface area contributed by atoms with Gasteiger partial charge in [0.15, 0.2) is 0 Å². The minimum atomic E-state index is 0.851. The quantitative estimate of drug-likeness (QED) is 0.927. The molecule has 0 aliphatic heterocycles. The fraction of sp³-hybridized carbons (Fsp3) is 0.467. The molecule has 0 radical (unpaired) electrons. The van der Waals surface area contributed by atoms with Gasteiger partial charge in [-0.3, -0.25) is 0 Å². The monoisotopic (exact) mass is 273 g/mol. The van der Waals surface area contributed by atoms with Crippen molar-refractivity contribution in [1.82, 2.24) is 9.97 Å². The van der Waals surface area contributed by atoms with Crippen LogP contribution in [0.4, 0.5) is 5.82 Å². The Kier molecular flexibility index (Phi) is 3.78. The second-order valence-corrected chi connectivity index (χ2v) is 5.94. The second kappa shape index (κ2) is 5.70. The van der Waals surface area contributed by atoms with Crippen LogP contribution >= 0.6 is 11.3 Å². The predicted octanol–water partition coefficient (Wildman–Crippen LogP) is 3.44. The number of hydrogen-bond acceptors (Lipinski definition) is 4. The molecule has 1 aliphatic carbocycles. The van der Waals surface area contributed by atoms with Gasteiger partial charge < -0.3 is 5.32 Å². The number of nitrogens with one attached hydrogen (secondary N) is 1. The van der Waals surface area contributed by atoms with Crippen LogP contribution in [0.1, 0.15) is 41.7 Å². The number of thiophene rings is 1. The molecular weight excluding hydrogens is 254 g/mol. The summed E-state index contributed by atoms with van der Waals surface area (Å²) in [4.78, 5) is 10.9. The van der Waals surface area contributed by atoms with Crippen molar-refractivity contribution in [3.05, 3.63) is 39.5 Å². The highest BCUT2D eigenvalue weighted by atomic mass is 32.1. The molecular formula is C15H19N3S. The van der Waals surface area contributed by atoms with E-state index in [1.54, 1.807) is 11.3 Å². The topological polar surface area (TPSA) is 37.8 Å². The number of rotatable bonds is 4. The Balaban J connectivity index is 1.94. The summed E-state index contributed by atoms with van der Waals surface area (Å²) in [6, 6.07) is 4.24. The van der Waals surface area contributed by atoms with Crippen LogP contribution in [0, 0.1) is 0 Å². The maximum Gasteiger partial charge on any atom is 0.136 e. The summed E-state index contributed by atoms with van der Waals surface area (Å²) < 4.78 is 0. The van der Waals surface area contributed by atoms with Gasteiger partial charge in [0.05, 0.1) is 0 Å². The van der Waals surface area contributed by atoms with E-state index in [2.05, 4.69) is 29.8 Å². The van der Waals surface area contributed by atoms with Crippen LogP contribution < -0.4 is 5.32 Å². The number of hydrogen-bond donors (Lipinski definition) is 1. The van der Waals surface area contributed by atoms with Gasteiger partial charge in [-0.15, -0.1) is 11.3 Å². The average molecular weight is 273 g/mol. The number of aromatic nitrogens is 2. The number of fused-ring (bicyclic) bond motifs is 1. The first-order valence-corrected chi connectivity index (χ1v) is 7.89. The molecule has 1 N–H and O–H groups in total. The minimum Gasteiger partial charge on any atom is -0.370 e. The Morgan fingerprint density at radius 1 is 1.26 bits per heavy atom. The highest BCUT2D eigenvalue weighted by Gasteiger charge is 2.17. The molecule has 0 saturated heterocycles. The number of nitrogens with zero attached hydrogens (tertiary/aromatic N) is 2. The van der Waals surface area contributed by atoms with Crippen molar-refractivity contribution in [3.63, 3.8) is 0 Å². The Morgan fingerprint density at radius 2 is 2.16 bits per heavy atom. The predicted molar refractivity (Wildman–Crippen MR) is 80.0 cm³/mol. The molecule has 1 aliphatic rings. The largest absolute Gasteiger partial charge is 0.370 e. The Labute approximate surface area is 118 Å². The molecule has 0 spiro atoms. The summed E-state index contributed by atoms with van der Waals surface area (Å²) in [5, 5.41) is 5.52. The van der Waals surface area contributed by atoms with Gasteiger partial charge in [0.1, 0.15) is 11.6 Å². The molecule has 0 saturated carbocycles. The molecule has 100 valence electrons. The second-order valence-electron chi connectivity index (χ2n) is 4.91. The van der Waals surface area contributed by atoms with Crippen molar-refractivity contribution >= 4 is 17.2 Å². The van der Waals surface area contributed by atoms with E-state index >= 15 is 0 Å². The maximum absolute atomic E-state index is 4.79. The van der Waals surface area contributed by atoms with E-state index in [0.717, 1.165) is 37.4 Å². The summed E-state index contributed by atoms with van der Waals surface area (Å²) >= 11 is 1.77. The summed E-state index contributed by atoms with van der Waals surface area (Å²) in [5.74, 6) is 2.03. The van der Waals surface area contributed by atoms with Gasteiger partial charge in [-0.1, -0.05) is 6.07 Å². The fourth-order valence-electron chi connectivity index (χ4n) is 2.61. The van der Waals surface area contributed by atoms with Gasteiger partial charge in [0.2, 0.25) is 0 Å². The lowest BCUT2D eigenvalue weighted by Crippen LogP contribution is -2.14. The first-order valence-electron chi connectivity index (χ1n) is 7.01. The Bertz CT molecular complexity index is 549. The third kappa shape index (κ3) is 2.78. The highest BCUT2D eigenvalue weighted by Crippen LogP contribution is 2.26. The molecule has 0 bridgehead atoms. The zero-order chi connectivity index (χ0) is 13.1. The molecule has 3 nitrogen and oxygen atoms in total. The molecule has 0 unspecified atom stereocenters. The molecule has 0 atom stereocenters. The summed E-state index contributed by atoms with van der Waals surface area (Å²) in [5.41, 5.74) is 2.62. The van der Waals surface area contributed by atoms with E-state index in [4.69, 9.17) is 9.97 Å². The summed E-state index contributed by atoms with van der Waals surface area (Å²) in [7, 11) is 0. The standard InChI is InChI=1S/C15H19N3S/c1-2-16-15-12-7-3-4-8-13(12)17-14(18-15)10-11-6-5-9-19-11/h5-6,9H,2-4,7-8,10H2,1H3,(H,16,17,18). The van der Waals surface area contributed by atoms with Crippen molar-refractivity contribution in [3.8, 4) is 0 Å². The summed E-state index contributed by atoms with van der Waals surface area (Å²) in [6.45, 7) is 3.04. The van der Waals surface area contributed by atoms with Gasteiger partial charge in [-0.25, -0.2) is 9.97 Å². The van der Waals surface area contributed by atoms with Crippen LogP contribution in [0.2, 0.25) is 0 Å². The van der Waals surface area contributed by atoms with Crippen molar-refractivity contribution in [2.75, 3.05) is 11.9 Å². The number of aryl methyl sites for hydroxylation is 1. The lowest BCUT2D eigenvalue weighted by atomic mass is 9.96. The number of anilines is 1. The molecule has 19 heavy (non-hydrogen) atoms. The van der Waals surface area contributed by atoms with Crippen LogP contribution in [0.15, 0.2) is 17.5 Å². The SMILES string of the molecule is CCNc1nc(Cc2cccs2)nc2c1CCCC2. The maximum atomic E-state index is 4.79. The van der Waals surface area contributed by atoms with Crippen molar-refractivity contribution in [1.29, 1.82) is 0 Å². The average Bonchev–Trinajstić information content (AvgIpc) is 2.92. The Morgan fingerprint density at radius 3 is 2.95 bits per heavy atom. The third-order valence-electron chi connectivity index (χ3n) is 3.49. The summed E-state index contributed by atoms with van der Waals surface area (Å²) in [6.07, 6.45) is 5.60. The molecule has 3 rings (SSSR count). The van der Waals surface area contributed by atoms with E-state index in [-0.39, 0.29) is 0 Å². The van der Waals surface area contributed by atoms with Crippen LogP contribution in [-0.4, -0.2) is 16.5 Å². The van der Waals surface area contributed by atoms with E-state index < -0.39 is 0 Å². The zero-order valence-electron chi connectivity index (χ0n) is 11.3. The van der Waals surface area contributed by atoms with Gasteiger partial charge in [0, 0.05) is 29.1 Å². The highest BCUT2D eigenvalue weighted by molar-refractivity contribution is 7.09. The van der Waals surface area contributed by atoms with Gasteiger partial charge in [-0.2, -0.15) is 0 Å². The smallest absolute Gasteiger partial charge is 0.136 e. The molecule has 4 heteroatoms. The zero-order valence-corrected chi connectivity index (χ0v) is 12.1. The van der Waals surface area contributed by atoms with E-state index in [0.29, 0.717) is 0 Å². The van der Waals surface area contributed by atoms with Crippen LogP contribution in [0.5, 0.6) is 0 Å². The normalized spacial score (nSPS) is 14.2. The van der Waals surface area contributed by atoms with Crippen molar-refractivity contribution < 1.29 is 0 Å². The first-order chi connectivity index (χ1) is 9.36. The van der Waals surface area contributed by atoms with Gasteiger partial charge in [0.25, 0.3) is 0 Å². The third-order valence-corrected chi connectivity index (χ3v) is 4.36. The Hall–Kier alpha value is -1.42. The molecule has 0 fully saturated rings. The molecule has 0 amide bonds. The fourth-order valence-corrected chi connectivity index (χ4v) is 3.31. The lowest BCUT2D eigenvalue weighted by molar-refractivity contribution is 0.657. The lowest BCUT2D eigenvalue weighted by Gasteiger charge is -2.19.